The van der Waals surface area contributed by atoms with Crippen LogP contribution in [0.2, 0.25) is 10.0 Å². The average Bonchev–Trinajstić information content (AvgIpc) is 2.98. The van der Waals surface area contributed by atoms with E-state index in [1.54, 1.807) is 29.3 Å². The van der Waals surface area contributed by atoms with Crippen LogP contribution in [0.5, 0.6) is 0 Å². The van der Waals surface area contributed by atoms with Crippen molar-refractivity contribution in [2.24, 2.45) is 5.92 Å². The topological polar surface area (TPSA) is 51.0 Å². The van der Waals surface area contributed by atoms with E-state index in [9.17, 15) is 4.79 Å². The van der Waals surface area contributed by atoms with E-state index in [0.29, 0.717) is 34.6 Å². The number of halogens is 2. The van der Waals surface area contributed by atoms with Gasteiger partial charge >= 0.3 is 0 Å². The Morgan fingerprint density at radius 2 is 2.04 bits per heavy atom. The summed E-state index contributed by atoms with van der Waals surface area (Å²) in [6.45, 7) is 8.07. The Bertz CT molecular complexity index is 984. The van der Waals surface area contributed by atoms with Gasteiger partial charge in [-0.25, -0.2) is 9.97 Å². The van der Waals surface area contributed by atoms with Crippen molar-refractivity contribution in [2.75, 3.05) is 6.54 Å². The Balaban J connectivity index is 1.98. The molecule has 148 valence electrons. The highest BCUT2D eigenvalue weighted by Gasteiger charge is 2.23. The van der Waals surface area contributed by atoms with Crippen LogP contribution in [0.1, 0.15) is 43.4 Å². The zero-order chi connectivity index (χ0) is 20.3. The standard InChI is InChI=1S/C21H24Cl2N4O/c1-4-10-27-19(25-18-6-5-9-24-20(18)27)13-26(12-14(2)3)21(28)16-8-7-15(22)11-17(16)23/h5-9,11,14H,4,10,12-13H2,1-3H3. The first kappa shape index (κ1) is 20.6. The van der Waals surface area contributed by atoms with Crippen LogP contribution in [0.25, 0.3) is 11.2 Å². The smallest absolute Gasteiger partial charge is 0.255 e. The van der Waals surface area contributed by atoms with Crippen molar-refractivity contribution in [1.82, 2.24) is 19.4 Å². The van der Waals surface area contributed by atoms with Crippen LogP contribution in [-0.4, -0.2) is 31.9 Å². The number of nitrogens with zero attached hydrogens (tertiary/aromatic N) is 4. The van der Waals surface area contributed by atoms with Crippen molar-refractivity contribution in [1.29, 1.82) is 0 Å². The minimum atomic E-state index is -0.126. The van der Waals surface area contributed by atoms with Gasteiger partial charge in [0.1, 0.15) is 11.3 Å². The summed E-state index contributed by atoms with van der Waals surface area (Å²) in [6, 6.07) is 8.78. The molecule has 0 aliphatic rings. The number of aryl methyl sites for hydroxylation is 1. The summed E-state index contributed by atoms with van der Waals surface area (Å²) in [4.78, 5) is 24.3. The number of rotatable bonds is 7. The second-order valence-electron chi connectivity index (χ2n) is 7.23. The lowest BCUT2D eigenvalue weighted by molar-refractivity contribution is 0.0716. The van der Waals surface area contributed by atoms with Gasteiger partial charge in [-0.1, -0.05) is 44.0 Å². The van der Waals surface area contributed by atoms with Gasteiger partial charge < -0.3 is 9.47 Å². The summed E-state index contributed by atoms with van der Waals surface area (Å²) in [7, 11) is 0. The molecule has 0 unspecified atom stereocenters. The molecule has 3 rings (SSSR count). The van der Waals surface area contributed by atoms with E-state index in [2.05, 4.69) is 30.3 Å². The van der Waals surface area contributed by atoms with Crippen molar-refractivity contribution in [2.45, 2.75) is 40.3 Å². The molecule has 0 N–H and O–H groups in total. The predicted octanol–water partition coefficient (Wildman–Crippen LogP) is 5.45. The number of hydrogen-bond donors (Lipinski definition) is 0. The molecular weight excluding hydrogens is 395 g/mol. The molecule has 0 atom stereocenters. The number of fused-ring (bicyclic) bond motifs is 1. The Kier molecular flexibility index (Phi) is 6.57. The Morgan fingerprint density at radius 3 is 2.71 bits per heavy atom. The summed E-state index contributed by atoms with van der Waals surface area (Å²) in [6.07, 6.45) is 2.72. The fourth-order valence-electron chi connectivity index (χ4n) is 3.25. The number of carbonyl (C=O) groups excluding carboxylic acids is 1. The molecule has 28 heavy (non-hydrogen) atoms. The van der Waals surface area contributed by atoms with Crippen LogP contribution in [-0.2, 0) is 13.1 Å². The molecule has 0 bridgehead atoms. The Labute approximate surface area is 175 Å². The average molecular weight is 419 g/mol. The molecule has 0 aliphatic heterocycles. The molecule has 5 nitrogen and oxygen atoms in total. The van der Waals surface area contributed by atoms with E-state index in [1.165, 1.54) is 0 Å². The van der Waals surface area contributed by atoms with Crippen molar-refractivity contribution in [3.05, 3.63) is 58.0 Å². The lowest BCUT2D eigenvalue weighted by atomic mass is 10.1. The van der Waals surface area contributed by atoms with Crippen LogP contribution in [0.4, 0.5) is 0 Å². The van der Waals surface area contributed by atoms with Gasteiger partial charge in [-0.2, -0.15) is 0 Å². The molecule has 7 heteroatoms. The molecular formula is C21H24Cl2N4O. The first-order valence-electron chi connectivity index (χ1n) is 9.45. The third-order valence-corrected chi connectivity index (χ3v) is 4.94. The fourth-order valence-corrected chi connectivity index (χ4v) is 3.74. The maximum atomic E-state index is 13.2. The molecule has 0 saturated carbocycles. The van der Waals surface area contributed by atoms with Crippen molar-refractivity contribution in [3.8, 4) is 0 Å². The molecule has 0 aliphatic carbocycles. The zero-order valence-corrected chi connectivity index (χ0v) is 17.8. The van der Waals surface area contributed by atoms with Gasteiger partial charge in [0.15, 0.2) is 5.65 Å². The fraction of sp³-hybridized carbons (Fsp3) is 0.381. The highest BCUT2D eigenvalue weighted by Crippen LogP contribution is 2.24. The summed E-state index contributed by atoms with van der Waals surface area (Å²) in [5.41, 5.74) is 2.14. The van der Waals surface area contributed by atoms with Gasteiger partial charge in [-0.15, -0.1) is 0 Å². The van der Waals surface area contributed by atoms with Gasteiger partial charge in [0.25, 0.3) is 5.91 Å². The Morgan fingerprint density at radius 1 is 1.25 bits per heavy atom. The van der Waals surface area contributed by atoms with Crippen LogP contribution in [0.3, 0.4) is 0 Å². The molecule has 2 heterocycles. The number of hydrogen-bond acceptors (Lipinski definition) is 3. The highest BCUT2D eigenvalue weighted by atomic mass is 35.5. The first-order chi connectivity index (χ1) is 13.4. The molecule has 1 aromatic carbocycles. The summed E-state index contributed by atoms with van der Waals surface area (Å²) in [5.74, 6) is 1.00. The number of benzene rings is 1. The molecule has 3 aromatic rings. The van der Waals surface area contributed by atoms with E-state index in [1.807, 2.05) is 12.1 Å². The largest absolute Gasteiger partial charge is 0.331 e. The zero-order valence-electron chi connectivity index (χ0n) is 16.3. The van der Waals surface area contributed by atoms with Crippen molar-refractivity contribution < 1.29 is 4.79 Å². The Hall–Kier alpha value is -2.11. The van der Waals surface area contributed by atoms with Gasteiger partial charge in [-0.3, -0.25) is 4.79 Å². The summed E-state index contributed by atoms with van der Waals surface area (Å²) >= 11 is 12.3. The maximum Gasteiger partial charge on any atom is 0.255 e. The molecule has 0 saturated heterocycles. The number of carbonyl (C=O) groups is 1. The van der Waals surface area contributed by atoms with Gasteiger partial charge in [-0.05, 0) is 42.7 Å². The second kappa shape index (κ2) is 8.93. The van der Waals surface area contributed by atoms with Crippen LogP contribution >= 0.6 is 23.2 Å². The third-order valence-electron chi connectivity index (χ3n) is 4.40. The SMILES string of the molecule is CCCn1c(CN(CC(C)C)C(=O)c2ccc(Cl)cc2Cl)nc2cccnc21. The van der Waals surface area contributed by atoms with Crippen LogP contribution in [0, 0.1) is 5.92 Å². The number of pyridine rings is 1. The van der Waals surface area contributed by atoms with E-state index < -0.39 is 0 Å². The van der Waals surface area contributed by atoms with E-state index in [4.69, 9.17) is 28.2 Å². The number of imidazole rings is 1. The normalized spacial score (nSPS) is 11.4. The van der Waals surface area contributed by atoms with Crippen LogP contribution in [0.15, 0.2) is 36.5 Å². The summed E-state index contributed by atoms with van der Waals surface area (Å²) < 4.78 is 2.10. The van der Waals surface area contributed by atoms with Crippen molar-refractivity contribution in [3.63, 3.8) is 0 Å². The highest BCUT2D eigenvalue weighted by molar-refractivity contribution is 6.36. The summed E-state index contributed by atoms with van der Waals surface area (Å²) in [5, 5.41) is 0.864. The van der Waals surface area contributed by atoms with Crippen LogP contribution < -0.4 is 0 Å². The third kappa shape index (κ3) is 4.47. The van der Waals surface area contributed by atoms with E-state index in [-0.39, 0.29) is 5.91 Å². The van der Waals surface area contributed by atoms with Gasteiger partial charge in [0, 0.05) is 24.3 Å². The molecule has 0 radical (unpaired) electrons. The minimum Gasteiger partial charge on any atom is -0.331 e. The molecule has 0 spiro atoms. The van der Waals surface area contributed by atoms with Gasteiger partial charge in [0.2, 0.25) is 0 Å². The second-order valence-corrected chi connectivity index (χ2v) is 8.07. The van der Waals surface area contributed by atoms with Crippen molar-refractivity contribution >= 4 is 40.3 Å². The molecule has 0 fully saturated rings. The van der Waals surface area contributed by atoms with E-state index >= 15 is 0 Å². The van der Waals surface area contributed by atoms with E-state index in [0.717, 1.165) is 30.0 Å². The quantitative estimate of drug-likeness (QED) is 0.512. The minimum absolute atomic E-state index is 0.126. The maximum absolute atomic E-state index is 13.2. The predicted molar refractivity (Wildman–Crippen MR) is 114 cm³/mol. The lowest BCUT2D eigenvalue weighted by Gasteiger charge is -2.25. The van der Waals surface area contributed by atoms with Gasteiger partial charge in [0.05, 0.1) is 17.1 Å². The monoisotopic (exact) mass is 418 g/mol. The molecule has 1 amide bonds. The number of amides is 1. The number of aromatic nitrogens is 3. The lowest BCUT2D eigenvalue weighted by Crippen LogP contribution is -2.35. The first-order valence-corrected chi connectivity index (χ1v) is 10.2. The molecule has 2 aromatic heterocycles.